The van der Waals surface area contributed by atoms with Gasteiger partial charge < -0.3 is 5.11 Å². The molecule has 1 radical (unpaired) electrons. The van der Waals surface area contributed by atoms with Crippen molar-refractivity contribution in [2.24, 2.45) is 10.2 Å². The molecule has 0 amide bonds. The molecule has 0 aliphatic rings. The molecule has 0 aliphatic heterocycles. The SMILES string of the molecule is [C-]#[O+].[C-]#[O+].[Ir].[O-]c1ccc2ccccc2c1N=Nc1ccccc1. The first-order chi connectivity index (χ1) is 11.3. The van der Waals surface area contributed by atoms with Gasteiger partial charge in [0.25, 0.3) is 0 Å². The third-order valence-electron chi connectivity index (χ3n) is 2.89. The van der Waals surface area contributed by atoms with Crippen LogP contribution in [0.1, 0.15) is 0 Å². The van der Waals surface area contributed by atoms with E-state index in [0.717, 1.165) is 16.5 Å². The van der Waals surface area contributed by atoms with Crippen molar-refractivity contribution in [3.8, 4) is 5.75 Å². The summed E-state index contributed by atoms with van der Waals surface area (Å²) in [7, 11) is 0. The third kappa shape index (κ3) is 5.58. The topological polar surface area (TPSA) is 87.6 Å². The third-order valence-corrected chi connectivity index (χ3v) is 2.89. The molecule has 0 heterocycles. The maximum absolute atomic E-state index is 11.9. The van der Waals surface area contributed by atoms with Crippen LogP contribution in [0.15, 0.2) is 77.0 Å². The van der Waals surface area contributed by atoms with Crippen LogP contribution in [0.3, 0.4) is 0 Å². The largest absolute Gasteiger partial charge is 0.871 e. The fourth-order valence-corrected chi connectivity index (χ4v) is 1.94. The second-order valence-electron chi connectivity index (χ2n) is 4.17. The summed E-state index contributed by atoms with van der Waals surface area (Å²) in [6.07, 6.45) is 0. The Morgan fingerprint density at radius 1 is 0.708 bits per heavy atom. The zero-order valence-electron chi connectivity index (χ0n) is 12.3. The van der Waals surface area contributed by atoms with E-state index in [0.29, 0.717) is 5.69 Å². The molecule has 5 nitrogen and oxygen atoms in total. The molecule has 6 heteroatoms. The van der Waals surface area contributed by atoms with Gasteiger partial charge in [-0.1, -0.05) is 60.3 Å². The van der Waals surface area contributed by atoms with E-state index in [1.165, 1.54) is 6.07 Å². The van der Waals surface area contributed by atoms with Crippen LogP contribution < -0.4 is 5.11 Å². The second kappa shape index (κ2) is 11.9. The summed E-state index contributed by atoms with van der Waals surface area (Å²) in [4.78, 5) is 0. The first-order valence-electron chi connectivity index (χ1n) is 6.41. The molecule has 0 bridgehead atoms. The minimum Gasteiger partial charge on any atom is -0.871 e. The molecule has 0 aliphatic carbocycles. The second-order valence-corrected chi connectivity index (χ2v) is 4.17. The number of azo groups is 1. The summed E-state index contributed by atoms with van der Waals surface area (Å²) < 4.78 is 15.0. The molecule has 0 atom stereocenters. The van der Waals surface area contributed by atoms with Gasteiger partial charge in [-0.3, -0.25) is 0 Å². The maximum Gasteiger partial charge on any atom is 0.0857 e. The zero-order valence-corrected chi connectivity index (χ0v) is 14.7. The van der Waals surface area contributed by atoms with E-state index < -0.39 is 0 Å². The zero-order chi connectivity index (χ0) is 17.1. The first kappa shape index (κ1) is 21.4. The average Bonchev–Trinajstić information content (AvgIpc) is 2.65. The van der Waals surface area contributed by atoms with Crippen LogP contribution in [0.4, 0.5) is 11.4 Å². The Labute approximate surface area is 152 Å². The van der Waals surface area contributed by atoms with E-state index >= 15 is 0 Å². The molecule has 0 unspecified atom stereocenters. The Morgan fingerprint density at radius 3 is 1.96 bits per heavy atom. The van der Waals surface area contributed by atoms with Crippen LogP contribution in [0.25, 0.3) is 10.8 Å². The van der Waals surface area contributed by atoms with Crippen molar-refractivity contribution in [1.82, 2.24) is 0 Å². The maximum atomic E-state index is 11.9. The summed E-state index contributed by atoms with van der Waals surface area (Å²) in [5.41, 5.74) is 1.12. The summed E-state index contributed by atoms with van der Waals surface area (Å²) in [6.45, 7) is 9.00. The molecule has 3 aromatic rings. The van der Waals surface area contributed by atoms with Gasteiger partial charge in [-0.2, -0.15) is 10.2 Å². The molecule has 3 aromatic carbocycles. The van der Waals surface area contributed by atoms with E-state index in [4.69, 9.17) is 9.30 Å². The Balaban J connectivity index is 0.000000987. The van der Waals surface area contributed by atoms with Gasteiger partial charge in [0.15, 0.2) is 0 Å². The van der Waals surface area contributed by atoms with Gasteiger partial charge in [-0.15, -0.1) is 0 Å². The number of nitrogens with zero attached hydrogens (tertiary/aromatic N) is 2. The Bertz CT molecular complexity index is 825. The molecule has 0 aromatic heterocycles. The van der Waals surface area contributed by atoms with E-state index in [1.807, 2.05) is 54.6 Å². The van der Waals surface area contributed by atoms with Gasteiger partial charge in [-0.05, 0) is 17.5 Å². The predicted molar refractivity (Wildman–Crippen MR) is 81.9 cm³/mol. The normalized spacial score (nSPS) is 9.00. The van der Waals surface area contributed by atoms with Gasteiger partial charge in [0.05, 0.1) is 11.4 Å². The molecule has 0 N–H and O–H groups in total. The fraction of sp³-hybridized carbons (Fsp3) is 0. The van der Waals surface area contributed by atoms with Crippen molar-refractivity contribution in [1.29, 1.82) is 0 Å². The molecule has 0 saturated carbocycles. The monoisotopic (exact) mass is 496 g/mol. The average molecular weight is 496 g/mol. The number of benzene rings is 3. The standard InChI is InChI=1S/C16H12N2O.2CO.Ir/c19-15-11-10-12-6-4-5-9-14(12)16(15)18-17-13-7-2-1-3-8-13;2*1-2;/h1-11,19H;;;/p-1. The van der Waals surface area contributed by atoms with Crippen LogP contribution in [0.2, 0.25) is 0 Å². The molecule has 24 heavy (non-hydrogen) atoms. The smallest absolute Gasteiger partial charge is 0.0857 e. The van der Waals surface area contributed by atoms with Gasteiger partial charge in [0.1, 0.15) is 0 Å². The fourth-order valence-electron chi connectivity index (χ4n) is 1.94. The van der Waals surface area contributed by atoms with E-state index in [2.05, 4.69) is 23.5 Å². The van der Waals surface area contributed by atoms with Crippen molar-refractivity contribution < 1.29 is 34.5 Å². The molecule has 0 fully saturated rings. The number of hydrogen-bond donors (Lipinski definition) is 0. The van der Waals surface area contributed by atoms with E-state index in [1.54, 1.807) is 6.07 Å². The Morgan fingerprint density at radius 2 is 1.29 bits per heavy atom. The summed E-state index contributed by atoms with van der Waals surface area (Å²) in [5.74, 6) is -0.113. The van der Waals surface area contributed by atoms with Crippen molar-refractivity contribution in [3.63, 3.8) is 0 Å². The summed E-state index contributed by atoms with van der Waals surface area (Å²) in [6, 6.07) is 20.4. The minimum absolute atomic E-state index is 0. The van der Waals surface area contributed by atoms with Crippen molar-refractivity contribution in [3.05, 3.63) is 80.0 Å². The molecule has 0 saturated heterocycles. The first-order valence-corrected chi connectivity index (χ1v) is 6.41. The van der Waals surface area contributed by atoms with Crippen LogP contribution in [-0.2, 0) is 29.4 Å². The number of rotatable bonds is 2. The summed E-state index contributed by atoms with van der Waals surface area (Å²) in [5, 5.41) is 21.9. The van der Waals surface area contributed by atoms with Crippen molar-refractivity contribution in [2.75, 3.05) is 0 Å². The van der Waals surface area contributed by atoms with Crippen LogP contribution in [0.5, 0.6) is 5.75 Å². The number of fused-ring (bicyclic) bond motifs is 1. The quantitative estimate of drug-likeness (QED) is 0.297. The van der Waals surface area contributed by atoms with Gasteiger partial charge in [-0.25, -0.2) is 0 Å². The molecule has 3 rings (SSSR count). The Hall–Kier alpha value is -2.55. The van der Waals surface area contributed by atoms with Gasteiger partial charge in [0.2, 0.25) is 0 Å². The molecular formula is C18H11IrN2O3-. The van der Waals surface area contributed by atoms with Crippen LogP contribution >= 0.6 is 0 Å². The van der Waals surface area contributed by atoms with E-state index in [9.17, 15) is 5.11 Å². The molecule has 0 spiro atoms. The molecule has 121 valence electrons. The predicted octanol–water partition coefficient (Wildman–Crippen LogP) is 4.25. The minimum atomic E-state index is -0.113. The van der Waals surface area contributed by atoms with Gasteiger partial charge >= 0.3 is 22.6 Å². The van der Waals surface area contributed by atoms with Crippen LogP contribution in [-0.4, -0.2) is 0 Å². The van der Waals surface area contributed by atoms with Crippen molar-refractivity contribution >= 4 is 22.1 Å². The van der Waals surface area contributed by atoms with E-state index in [-0.39, 0.29) is 25.9 Å². The summed E-state index contributed by atoms with van der Waals surface area (Å²) >= 11 is 0. The Kier molecular flexibility index (Phi) is 10.7. The molecular weight excluding hydrogens is 484 g/mol. The van der Waals surface area contributed by atoms with Crippen LogP contribution in [0, 0.1) is 13.3 Å². The van der Waals surface area contributed by atoms with Gasteiger partial charge in [0, 0.05) is 25.5 Å². The van der Waals surface area contributed by atoms with Crippen molar-refractivity contribution in [2.45, 2.75) is 0 Å². The number of hydrogen-bond acceptors (Lipinski definition) is 3.